The minimum Gasteiger partial charge on any atom is -0.497 e. The summed E-state index contributed by atoms with van der Waals surface area (Å²) in [5, 5.41) is 3.58. The largest absolute Gasteiger partial charge is 0.497 e. The van der Waals surface area contributed by atoms with Crippen molar-refractivity contribution in [3.8, 4) is 5.75 Å². The third-order valence-corrected chi connectivity index (χ3v) is 3.82. The Bertz CT molecular complexity index is 415. The van der Waals surface area contributed by atoms with E-state index in [-0.39, 0.29) is 12.4 Å². The second-order valence-electron chi connectivity index (χ2n) is 5.65. The molecule has 1 fully saturated rings. The molecule has 1 saturated heterocycles. The Balaban J connectivity index is 0.00000200. The molecule has 0 saturated carbocycles. The molecule has 2 unspecified atom stereocenters. The Kier molecular flexibility index (Phi) is 6.80. The van der Waals surface area contributed by atoms with E-state index in [0.717, 1.165) is 31.8 Å². The summed E-state index contributed by atoms with van der Waals surface area (Å²) in [6.07, 6.45) is 1.06. The maximum atomic E-state index is 5.31. The van der Waals surface area contributed by atoms with E-state index in [1.807, 2.05) is 0 Å². The number of nitrogens with one attached hydrogen (secondary N) is 1. The molecule has 4 heteroatoms. The van der Waals surface area contributed by atoms with Crippen molar-refractivity contribution >= 4 is 12.4 Å². The zero-order valence-electron chi connectivity index (χ0n) is 13.0. The predicted octanol–water partition coefficient (Wildman–Crippen LogP) is 2.86. The van der Waals surface area contributed by atoms with Crippen LogP contribution in [-0.4, -0.2) is 37.2 Å². The number of methoxy groups -OCH3 is 1. The SMILES string of the molecule is CCc1cc(OC)ccc1CN1CC(C)NC(C)C1.Cl. The number of rotatable bonds is 4. The zero-order chi connectivity index (χ0) is 13.8. The molecule has 2 atom stereocenters. The first kappa shape index (κ1) is 17.3. The number of aryl methyl sites for hydroxylation is 1. The van der Waals surface area contributed by atoms with Gasteiger partial charge in [-0.05, 0) is 43.5 Å². The van der Waals surface area contributed by atoms with Crippen LogP contribution in [0.15, 0.2) is 18.2 Å². The molecule has 0 bridgehead atoms. The Morgan fingerprint density at radius 1 is 1.20 bits per heavy atom. The van der Waals surface area contributed by atoms with Crippen molar-refractivity contribution in [2.75, 3.05) is 20.2 Å². The summed E-state index contributed by atoms with van der Waals surface area (Å²) in [4.78, 5) is 2.55. The lowest BCUT2D eigenvalue weighted by molar-refractivity contribution is 0.166. The summed E-state index contributed by atoms with van der Waals surface area (Å²) in [7, 11) is 1.73. The van der Waals surface area contributed by atoms with Gasteiger partial charge in [0.05, 0.1) is 7.11 Å². The molecule has 1 heterocycles. The third-order valence-electron chi connectivity index (χ3n) is 3.82. The average Bonchev–Trinajstić information content (AvgIpc) is 2.38. The number of hydrogen-bond acceptors (Lipinski definition) is 3. The highest BCUT2D eigenvalue weighted by Crippen LogP contribution is 2.20. The third kappa shape index (κ3) is 4.37. The Morgan fingerprint density at radius 2 is 1.85 bits per heavy atom. The molecule has 0 radical (unpaired) electrons. The Hall–Kier alpha value is -0.770. The van der Waals surface area contributed by atoms with Crippen LogP contribution in [0.5, 0.6) is 5.75 Å². The maximum Gasteiger partial charge on any atom is 0.119 e. The lowest BCUT2D eigenvalue weighted by Gasteiger charge is -2.36. The van der Waals surface area contributed by atoms with Gasteiger partial charge in [0.15, 0.2) is 0 Å². The minimum absolute atomic E-state index is 0. The van der Waals surface area contributed by atoms with Crippen molar-refractivity contribution in [2.24, 2.45) is 0 Å². The van der Waals surface area contributed by atoms with Crippen LogP contribution < -0.4 is 10.1 Å². The van der Waals surface area contributed by atoms with E-state index in [0.29, 0.717) is 12.1 Å². The first-order valence-corrected chi connectivity index (χ1v) is 7.26. The van der Waals surface area contributed by atoms with Gasteiger partial charge in [0.2, 0.25) is 0 Å². The van der Waals surface area contributed by atoms with E-state index in [2.05, 4.69) is 49.2 Å². The van der Waals surface area contributed by atoms with Crippen LogP contribution in [0.3, 0.4) is 0 Å². The second-order valence-corrected chi connectivity index (χ2v) is 5.65. The van der Waals surface area contributed by atoms with E-state index in [4.69, 9.17) is 4.74 Å². The Labute approximate surface area is 129 Å². The molecule has 0 amide bonds. The molecule has 1 aromatic carbocycles. The van der Waals surface area contributed by atoms with Crippen molar-refractivity contribution in [1.29, 1.82) is 0 Å². The molecule has 0 aromatic heterocycles. The van der Waals surface area contributed by atoms with Gasteiger partial charge in [-0.15, -0.1) is 12.4 Å². The highest BCUT2D eigenvalue weighted by molar-refractivity contribution is 5.85. The number of nitrogens with zero attached hydrogens (tertiary/aromatic N) is 1. The van der Waals surface area contributed by atoms with Crippen molar-refractivity contribution in [3.05, 3.63) is 29.3 Å². The van der Waals surface area contributed by atoms with Gasteiger partial charge in [0.25, 0.3) is 0 Å². The maximum absolute atomic E-state index is 5.31. The number of piperazine rings is 1. The van der Waals surface area contributed by atoms with Crippen LogP contribution in [0.4, 0.5) is 0 Å². The number of hydrogen-bond donors (Lipinski definition) is 1. The lowest BCUT2D eigenvalue weighted by Crippen LogP contribution is -2.53. The molecular formula is C16H27ClN2O. The van der Waals surface area contributed by atoms with Crippen LogP contribution in [-0.2, 0) is 13.0 Å². The van der Waals surface area contributed by atoms with Crippen molar-refractivity contribution in [2.45, 2.75) is 45.8 Å². The van der Waals surface area contributed by atoms with Crippen LogP contribution in [0.2, 0.25) is 0 Å². The fourth-order valence-electron chi connectivity index (χ4n) is 3.02. The van der Waals surface area contributed by atoms with E-state index < -0.39 is 0 Å². The van der Waals surface area contributed by atoms with Crippen LogP contribution >= 0.6 is 12.4 Å². The standard InChI is InChI=1S/C16H26N2O.ClH/c1-5-14-8-16(19-4)7-6-15(14)11-18-9-12(2)17-13(3)10-18;/h6-8,12-13,17H,5,9-11H2,1-4H3;1H. The monoisotopic (exact) mass is 298 g/mol. The lowest BCUT2D eigenvalue weighted by atomic mass is 10.0. The van der Waals surface area contributed by atoms with Crippen LogP contribution in [0.25, 0.3) is 0 Å². The van der Waals surface area contributed by atoms with Gasteiger partial charge in [-0.3, -0.25) is 4.90 Å². The molecule has 20 heavy (non-hydrogen) atoms. The molecule has 1 aromatic rings. The topological polar surface area (TPSA) is 24.5 Å². The first-order valence-electron chi connectivity index (χ1n) is 7.26. The van der Waals surface area contributed by atoms with Gasteiger partial charge >= 0.3 is 0 Å². The summed E-state index contributed by atoms with van der Waals surface area (Å²) < 4.78 is 5.31. The number of ether oxygens (including phenoxy) is 1. The highest BCUT2D eigenvalue weighted by Gasteiger charge is 2.21. The smallest absolute Gasteiger partial charge is 0.119 e. The summed E-state index contributed by atoms with van der Waals surface area (Å²) in [6.45, 7) is 10.0. The second kappa shape index (κ2) is 7.87. The normalized spacial score (nSPS) is 23.2. The quantitative estimate of drug-likeness (QED) is 0.925. The van der Waals surface area contributed by atoms with Crippen molar-refractivity contribution in [3.63, 3.8) is 0 Å². The molecular weight excluding hydrogens is 272 g/mol. The minimum atomic E-state index is 0. The molecule has 114 valence electrons. The van der Waals surface area contributed by atoms with Gasteiger partial charge in [-0.2, -0.15) is 0 Å². The molecule has 1 aliphatic rings. The van der Waals surface area contributed by atoms with Crippen LogP contribution in [0, 0.1) is 0 Å². The van der Waals surface area contributed by atoms with E-state index in [1.54, 1.807) is 7.11 Å². The highest BCUT2D eigenvalue weighted by atomic mass is 35.5. The van der Waals surface area contributed by atoms with E-state index >= 15 is 0 Å². The van der Waals surface area contributed by atoms with Gasteiger partial charge in [-0.25, -0.2) is 0 Å². The van der Waals surface area contributed by atoms with Crippen molar-refractivity contribution in [1.82, 2.24) is 10.2 Å². The summed E-state index contributed by atoms with van der Waals surface area (Å²) in [5.41, 5.74) is 2.84. The molecule has 2 rings (SSSR count). The van der Waals surface area contributed by atoms with Gasteiger partial charge < -0.3 is 10.1 Å². The molecule has 3 nitrogen and oxygen atoms in total. The zero-order valence-corrected chi connectivity index (χ0v) is 13.8. The number of halogens is 1. The predicted molar refractivity (Wildman–Crippen MR) is 87.0 cm³/mol. The van der Waals surface area contributed by atoms with Gasteiger partial charge in [0.1, 0.15) is 5.75 Å². The van der Waals surface area contributed by atoms with E-state index in [9.17, 15) is 0 Å². The van der Waals surface area contributed by atoms with E-state index in [1.165, 1.54) is 11.1 Å². The summed E-state index contributed by atoms with van der Waals surface area (Å²) in [6, 6.07) is 7.61. The fraction of sp³-hybridized carbons (Fsp3) is 0.625. The Morgan fingerprint density at radius 3 is 2.40 bits per heavy atom. The molecule has 0 spiro atoms. The fourth-order valence-corrected chi connectivity index (χ4v) is 3.02. The molecule has 1 N–H and O–H groups in total. The summed E-state index contributed by atoms with van der Waals surface area (Å²) in [5.74, 6) is 0.961. The van der Waals surface area contributed by atoms with Gasteiger partial charge in [-0.1, -0.05) is 13.0 Å². The van der Waals surface area contributed by atoms with Crippen LogP contribution in [0.1, 0.15) is 31.9 Å². The summed E-state index contributed by atoms with van der Waals surface area (Å²) >= 11 is 0. The average molecular weight is 299 g/mol. The number of benzene rings is 1. The van der Waals surface area contributed by atoms with Crippen molar-refractivity contribution < 1.29 is 4.74 Å². The molecule has 1 aliphatic heterocycles. The first-order chi connectivity index (χ1) is 9.12. The molecule has 0 aliphatic carbocycles. The van der Waals surface area contributed by atoms with Gasteiger partial charge in [0, 0.05) is 31.7 Å².